The zero-order valence-corrected chi connectivity index (χ0v) is 21.5. The molecule has 4 aromatic rings. The van der Waals surface area contributed by atoms with Crippen molar-refractivity contribution in [3.05, 3.63) is 90.1 Å². The van der Waals surface area contributed by atoms with Gasteiger partial charge < -0.3 is 19.9 Å². The van der Waals surface area contributed by atoms with Crippen molar-refractivity contribution in [3.8, 4) is 17.0 Å². The number of carbonyl (C=O) groups is 1. The number of aromatic nitrogens is 1. The molecule has 0 unspecified atom stereocenters. The molecule has 1 aromatic heterocycles. The van der Waals surface area contributed by atoms with Crippen LogP contribution in [-0.4, -0.2) is 46.7 Å². The number of nitrogens with zero attached hydrogens (tertiary/aromatic N) is 2. The monoisotopic (exact) mass is 493 g/mol. The molecule has 5 heteroatoms. The second kappa shape index (κ2) is 9.71. The summed E-state index contributed by atoms with van der Waals surface area (Å²) in [4.78, 5) is 16.4. The molecule has 0 atom stereocenters. The van der Waals surface area contributed by atoms with E-state index in [4.69, 9.17) is 0 Å². The molecule has 0 bridgehead atoms. The van der Waals surface area contributed by atoms with Crippen molar-refractivity contribution in [1.82, 2.24) is 14.8 Å². The number of amides is 1. The molecule has 0 saturated carbocycles. The summed E-state index contributed by atoms with van der Waals surface area (Å²) in [6.45, 7) is 5.55. The number of benzene rings is 3. The molecule has 2 N–H and O–H groups in total. The van der Waals surface area contributed by atoms with Gasteiger partial charge in [-0.25, -0.2) is 0 Å². The first-order valence-electron chi connectivity index (χ1n) is 13.6. The van der Waals surface area contributed by atoms with Crippen LogP contribution in [0.2, 0.25) is 0 Å². The SMILES string of the molecule is CCCC1(C(=O)NCCN2CCC(n3cc4ccccc4c3O)CC2)c2ccccc2-c2ccccc21. The Bertz CT molecular complexity index is 1390. The minimum Gasteiger partial charge on any atom is -0.494 e. The van der Waals surface area contributed by atoms with Crippen LogP contribution >= 0.6 is 0 Å². The molecule has 1 amide bonds. The molecule has 5 nitrogen and oxygen atoms in total. The standard InChI is InChI=1S/C32H35N3O2/c1-2-17-32(28-13-7-5-11-26(28)27-12-6-8-14-29(27)32)31(37)33-18-21-34-19-15-24(16-20-34)35-22-23-9-3-4-10-25(23)30(35)36/h3-14,22,24,36H,2,15-21H2,1H3,(H,33,37). The lowest BCUT2D eigenvalue weighted by Crippen LogP contribution is -2.47. The van der Waals surface area contributed by atoms with Gasteiger partial charge in [0.15, 0.2) is 5.88 Å². The molecule has 2 heterocycles. The summed E-state index contributed by atoms with van der Waals surface area (Å²) in [5.41, 5.74) is 4.02. The van der Waals surface area contributed by atoms with Crippen LogP contribution in [-0.2, 0) is 10.2 Å². The fraction of sp³-hybridized carbons (Fsp3) is 0.344. The Morgan fingerprint density at radius 2 is 1.57 bits per heavy atom. The maximum atomic E-state index is 13.9. The van der Waals surface area contributed by atoms with Crippen LogP contribution in [0.1, 0.15) is 49.8 Å². The van der Waals surface area contributed by atoms with E-state index in [0.717, 1.165) is 67.2 Å². The Hall–Kier alpha value is -3.57. The van der Waals surface area contributed by atoms with E-state index in [-0.39, 0.29) is 5.91 Å². The molecule has 1 fully saturated rings. The molecule has 1 aliphatic heterocycles. The second-order valence-corrected chi connectivity index (χ2v) is 10.5. The molecule has 3 aromatic carbocycles. The summed E-state index contributed by atoms with van der Waals surface area (Å²) >= 11 is 0. The highest BCUT2D eigenvalue weighted by Crippen LogP contribution is 2.51. The van der Waals surface area contributed by atoms with Gasteiger partial charge in [0.1, 0.15) is 5.41 Å². The third-order valence-corrected chi connectivity index (χ3v) is 8.47. The van der Waals surface area contributed by atoms with Crippen LogP contribution in [0.4, 0.5) is 0 Å². The van der Waals surface area contributed by atoms with Crippen LogP contribution in [0.5, 0.6) is 5.88 Å². The van der Waals surface area contributed by atoms with E-state index in [1.54, 1.807) is 0 Å². The molecule has 1 saturated heterocycles. The van der Waals surface area contributed by atoms with E-state index in [0.29, 0.717) is 18.5 Å². The lowest BCUT2D eigenvalue weighted by Gasteiger charge is -2.34. The van der Waals surface area contributed by atoms with Crippen LogP contribution in [0.15, 0.2) is 79.0 Å². The molecule has 0 radical (unpaired) electrons. The van der Waals surface area contributed by atoms with E-state index >= 15 is 0 Å². The van der Waals surface area contributed by atoms with Gasteiger partial charge in [-0.15, -0.1) is 0 Å². The van der Waals surface area contributed by atoms with Gasteiger partial charge in [0, 0.05) is 49.2 Å². The van der Waals surface area contributed by atoms with Crippen LogP contribution in [0, 0.1) is 0 Å². The molecule has 0 spiro atoms. The normalized spacial score (nSPS) is 17.0. The first-order valence-corrected chi connectivity index (χ1v) is 13.6. The van der Waals surface area contributed by atoms with Crippen molar-refractivity contribution in [1.29, 1.82) is 0 Å². The topological polar surface area (TPSA) is 57.5 Å². The van der Waals surface area contributed by atoms with Crippen molar-refractivity contribution in [2.45, 2.75) is 44.1 Å². The third-order valence-electron chi connectivity index (χ3n) is 8.47. The van der Waals surface area contributed by atoms with E-state index in [1.165, 1.54) is 11.1 Å². The number of carbonyl (C=O) groups excluding carboxylic acids is 1. The summed E-state index contributed by atoms with van der Waals surface area (Å²) in [7, 11) is 0. The van der Waals surface area contributed by atoms with Gasteiger partial charge in [-0.2, -0.15) is 0 Å². The number of fused-ring (bicyclic) bond motifs is 4. The molecule has 2 aliphatic rings. The number of hydrogen-bond acceptors (Lipinski definition) is 3. The minimum absolute atomic E-state index is 0.116. The van der Waals surface area contributed by atoms with Crippen molar-refractivity contribution >= 4 is 16.7 Å². The zero-order valence-electron chi connectivity index (χ0n) is 21.5. The number of piperidine rings is 1. The average Bonchev–Trinajstić information content (AvgIpc) is 3.43. The molecular formula is C32H35N3O2. The Kier molecular flexibility index (Phi) is 6.25. The van der Waals surface area contributed by atoms with Gasteiger partial charge in [0.05, 0.1) is 0 Å². The highest BCUT2D eigenvalue weighted by molar-refractivity contribution is 6.00. The quantitative estimate of drug-likeness (QED) is 0.339. The smallest absolute Gasteiger partial charge is 0.235 e. The van der Waals surface area contributed by atoms with E-state index < -0.39 is 5.41 Å². The van der Waals surface area contributed by atoms with Crippen LogP contribution in [0.3, 0.4) is 0 Å². The summed E-state index contributed by atoms with van der Waals surface area (Å²) < 4.78 is 2.05. The van der Waals surface area contributed by atoms with E-state index in [9.17, 15) is 9.90 Å². The van der Waals surface area contributed by atoms with Gasteiger partial charge in [-0.3, -0.25) is 4.79 Å². The maximum Gasteiger partial charge on any atom is 0.235 e. The fourth-order valence-electron chi connectivity index (χ4n) is 6.67. The fourth-order valence-corrected chi connectivity index (χ4v) is 6.67. The maximum absolute atomic E-state index is 13.9. The molecule has 1 aliphatic carbocycles. The Morgan fingerprint density at radius 1 is 0.946 bits per heavy atom. The summed E-state index contributed by atoms with van der Waals surface area (Å²) in [6.07, 6.45) is 5.79. The van der Waals surface area contributed by atoms with Gasteiger partial charge in [0.25, 0.3) is 0 Å². The van der Waals surface area contributed by atoms with Crippen LogP contribution < -0.4 is 5.32 Å². The number of nitrogens with one attached hydrogen (secondary N) is 1. The van der Waals surface area contributed by atoms with Gasteiger partial charge in [-0.05, 0) is 47.6 Å². The summed E-state index contributed by atoms with van der Waals surface area (Å²) in [5.74, 6) is 0.491. The lowest BCUT2D eigenvalue weighted by molar-refractivity contribution is -0.125. The molecule has 190 valence electrons. The average molecular weight is 494 g/mol. The van der Waals surface area contributed by atoms with Crippen molar-refractivity contribution in [3.63, 3.8) is 0 Å². The van der Waals surface area contributed by atoms with E-state index in [2.05, 4.69) is 77.9 Å². The van der Waals surface area contributed by atoms with Crippen molar-refractivity contribution in [2.75, 3.05) is 26.2 Å². The first-order chi connectivity index (χ1) is 18.1. The highest BCUT2D eigenvalue weighted by atomic mass is 16.3. The van der Waals surface area contributed by atoms with Crippen LogP contribution in [0.25, 0.3) is 21.9 Å². The largest absolute Gasteiger partial charge is 0.494 e. The van der Waals surface area contributed by atoms with Gasteiger partial charge >= 0.3 is 0 Å². The Balaban J connectivity index is 1.11. The highest BCUT2D eigenvalue weighted by Gasteiger charge is 2.48. The van der Waals surface area contributed by atoms with Crippen molar-refractivity contribution in [2.24, 2.45) is 0 Å². The predicted molar refractivity (Wildman–Crippen MR) is 149 cm³/mol. The van der Waals surface area contributed by atoms with Gasteiger partial charge in [-0.1, -0.05) is 80.1 Å². The number of aromatic hydroxyl groups is 1. The van der Waals surface area contributed by atoms with Crippen molar-refractivity contribution < 1.29 is 9.90 Å². The minimum atomic E-state index is -0.622. The first kappa shape index (κ1) is 23.8. The second-order valence-electron chi connectivity index (χ2n) is 10.5. The zero-order chi connectivity index (χ0) is 25.4. The predicted octanol–water partition coefficient (Wildman–Crippen LogP) is 5.87. The Morgan fingerprint density at radius 3 is 2.22 bits per heavy atom. The lowest BCUT2D eigenvalue weighted by atomic mass is 9.74. The molecule has 6 rings (SSSR count). The number of likely N-dealkylation sites (tertiary alicyclic amines) is 1. The Labute approximate surface area is 218 Å². The number of hydrogen-bond donors (Lipinski definition) is 2. The third kappa shape index (κ3) is 3.93. The number of rotatable bonds is 7. The molecular weight excluding hydrogens is 458 g/mol. The van der Waals surface area contributed by atoms with E-state index in [1.807, 2.05) is 22.8 Å². The summed E-state index contributed by atoms with van der Waals surface area (Å²) in [5, 5.41) is 16.1. The molecule has 37 heavy (non-hydrogen) atoms. The summed E-state index contributed by atoms with van der Waals surface area (Å²) in [6, 6.07) is 25.1. The van der Waals surface area contributed by atoms with Gasteiger partial charge in [0.2, 0.25) is 5.91 Å².